The number of allylic oxidation sites excluding steroid dienone is 1. The first kappa shape index (κ1) is 27.5. The third-order valence-electron chi connectivity index (χ3n) is 11.4. The number of hydrogen-bond donors (Lipinski definition) is 1. The van der Waals surface area contributed by atoms with Crippen molar-refractivity contribution in [2.45, 2.75) is 78.3 Å². The van der Waals surface area contributed by atoms with Crippen LogP contribution < -0.4 is 0 Å². The SMILES string of the molecule is COC(=O)C[C@H]1[C@]2(C)CO[C@]3(O)[C@@H](C=C4[C@@H]5CC(=O)O[C@@H](c6ccoc6)[C@]5(C)CC[C@@H]4[C@]13C)[C@H]2OC(=O)C(C)C. The van der Waals surface area contributed by atoms with E-state index in [1.807, 2.05) is 26.0 Å². The Morgan fingerprint density at radius 3 is 2.58 bits per heavy atom. The summed E-state index contributed by atoms with van der Waals surface area (Å²) in [6.45, 7) is 9.88. The Hall–Kier alpha value is -2.65. The van der Waals surface area contributed by atoms with Crippen LogP contribution in [-0.2, 0) is 33.3 Å². The maximum atomic E-state index is 13.1. The molecule has 3 saturated heterocycles. The minimum Gasteiger partial charge on any atom is -0.472 e. The predicted octanol–water partition coefficient (Wildman–Crippen LogP) is 4.35. The molecule has 2 saturated carbocycles. The number of ether oxygens (including phenoxy) is 4. The van der Waals surface area contributed by atoms with E-state index in [-0.39, 0.29) is 55.1 Å². The van der Waals surface area contributed by atoms with Crippen molar-refractivity contribution in [1.29, 1.82) is 0 Å². The molecule has 1 N–H and O–H groups in total. The van der Waals surface area contributed by atoms with Crippen molar-refractivity contribution in [3.05, 3.63) is 35.8 Å². The van der Waals surface area contributed by atoms with Crippen LogP contribution in [0.5, 0.6) is 0 Å². The van der Waals surface area contributed by atoms with Crippen LogP contribution in [0.2, 0.25) is 0 Å². The number of hydrogen-bond acceptors (Lipinski definition) is 9. The van der Waals surface area contributed by atoms with E-state index in [9.17, 15) is 19.5 Å². The lowest BCUT2D eigenvalue weighted by molar-refractivity contribution is -0.428. The van der Waals surface area contributed by atoms with Gasteiger partial charge in [-0.25, -0.2) is 0 Å². The van der Waals surface area contributed by atoms with Gasteiger partial charge in [0, 0.05) is 28.2 Å². The van der Waals surface area contributed by atoms with Crippen molar-refractivity contribution < 1.29 is 42.9 Å². The average molecular weight is 557 g/mol. The van der Waals surface area contributed by atoms with Crippen molar-refractivity contribution in [3.8, 4) is 0 Å². The molecule has 0 unspecified atom stereocenters. The molecule has 218 valence electrons. The van der Waals surface area contributed by atoms with Crippen LogP contribution in [0.15, 0.2) is 34.7 Å². The maximum absolute atomic E-state index is 13.1. The summed E-state index contributed by atoms with van der Waals surface area (Å²) in [5, 5.41) is 12.5. The minimum atomic E-state index is -1.66. The van der Waals surface area contributed by atoms with Gasteiger partial charge in [0.2, 0.25) is 0 Å². The Bertz CT molecular complexity index is 1250. The van der Waals surface area contributed by atoms with Crippen LogP contribution in [0, 0.1) is 45.8 Å². The predicted molar refractivity (Wildman–Crippen MR) is 140 cm³/mol. The summed E-state index contributed by atoms with van der Waals surface area (Å²) >= 11 is 0. The topological polar surface area (TPSA) is 122 Å². The van der Waals surface area contributed by atoms with Crippen molar-refractivity contribution in [2.24, 2.45) is 45.8 Å². The van der Waals surface area contributed by atoms with Crippen LogP contribution in [0.4, 0.5) is 0 Å². The largest absolute Gasteiger partial charge is 0.472 e. The molecule has 9 nitrogen and oxygen atoms in total. The molecule has 1 aromatic heterocycles. The van der Waals surface area contributed by atoms with Crippen LogP contribution in [0.25, 0.3) is 0 Å². The Morgan fingerprint density at radius 2 is 1.93 bits per heavy atom. The fourth-order valence-corrected chi connectivity index (χ4v) is 9.19. The van der Waals surface area contributed by atoms with Crippen molar-refractivity contribution in [2.75, 3.05) is 13.7 Å². The van der Waals surface area contributed by atoms with E-state index < -0.39 is 46.1 Å². The zero-order valence-corrected chi connectivity index (χ0v) is 24.1. The van der Waals surface area contributed by atoms with Gasteiger partial charge in [0.25, 0.3) is 0 Å². The minimum absolute atomic E-state index is 0.0586. The Labute approximate surface area is 234 Å². The molecular formula is C31H40O9. The number of carbonyl (C=O) groups is 3. The van der Waals surface area contributed by atoms with Gasteiger partial charge in [-0.15, -0.1) is 0 Å². The maximum Gasteiger partial charge on any atom is 0.308 e. The lowest BCUT2D eigenvalue weighted by Gasteiger charge is -2.73. The number of cyclic esters (lactones) is 1. The van der Waals surface area contributed by atoms with E-state index in [2.05, 4.69) is 6.92 Å². The summed E-state index contributed by atoms with van der Waals surface area (Å²) < 4.78 is 29.0. The molecule has 10 atom stereocenters. The normalized spacial score (nSPS) is 45.2. The molecule has 4 bridgehead atoms. The first-order valence-corrected chi connectivity index (χ1v) is 14.4. The Morgan fingerprint density at radius 1 is 1.18 bits per heavy atom. The van der Waals surface area contributed by atoms with Gasteiger partial charge in [-0.3, -0.25) is 14.4 Å². The molecule has 1 aromatic rings. The van der Waals surface area contributed by atoms with Gasteiger partial charge in [0.15, 0.2) is 5.79 Å². The summed E-state index contributed by atoms with van der Waals surface area (Å²) in [5.74, 6) is -4.43. The van der Waals surface area contributed by atoms with Gasteiger partial charge in [-0.2, -0.15) is 0 Å². The summed E-state index contributed by atoms with van der Waals surface area (Å²) in [7, 11) is 1.36. The van der Waals surface area contributed by atoms with Gasteiger partial charge < -0.3 is 28.5 Å². The number of furan rings is 1. The molecule has 0 amide bonds. The van der Waals surface area contributed by atoms with Crippen molar-refractivity contribution >= 4 is 17.9 Å². The highest BCUT2D eigenvalue weighted by Crippen LogP contribution is 2.74. The van der Waals surface area contributed by atoms with Gasteiger partial charge in [-0.05, 0) is 36.7 Å². The number of aliphatic hydroxyl groups is 1. The third-order valence-corrected chi connectivity index (χ3v) is 11.4. The van der Waals surface area contributed by atoms with E-state index in [0.717, 1.165) is 17.6 Å². The summed E-state index contributed by atoms with van der Waals surface area (Å²) in [5.41, 5.74) is -0.156. The quantitative estimate of drug-likeness (QED) is 0.320. The molecule has 7 rings (SSSR count). The molecule has 6 aliphatic rings. The molecule has 3 aliphatic heterocycles. The number of methoxy groups -OCH3 is 1. The lowest BCUT2D eigenvalue weighted by Crippen LogP contribution is -2.80. The fourth-order valence-electron chi connectivity index (χ4n) is 9.19. The second-order valence-corrected chi connectivity index (χ2v) is 13.6. The molecule has 5 fully saturated rings. The third kappa shape index (κ3) is 3.43. The van der Waals surface area contributed by atoms with E-state index in [1.54, 1.807) is 26.4 Å². The van der Waals surface area contributed by atoms with E-state index in [0.29, 0.717) is 6.42 Å². The van der Waals surface area contributed by atoms with Crippen molar-refractivity contribution in [1.82, 2.24) is 0 Å². The first-order valence-electron chi connectivity index (χ1n) is 14.4. The Balaban J connectivity index is 1.52. The lowest BCUT2D eigenvalue weighted by atomic mass is 9.37. The number of esters is 3. The molecular weight excluding hydrogens is 516 g/mol. The molecule has 0 spiro atoms. The van der Waals surface area contributed by atoms with Crippen LogP contribution in [0.1, 0.15) is 72.0 Å². The second kappa shape index (κ2) is 8.92. The summed E-state index contributed by atoms with van der Waals surface area (Å²) in [6, 6.07) is 1.84. The fraction of sp³-hybridized carbons (Fsp3) is 0.710. The van der Waals surface area contributed by atoms with E-state index >= 15 is 0 Å². The first-order chi connectivity index (χ1) is 18.8. The molecule has 9 heteroatoms. The van der Waals surface area contributed by atoms with Crippen LogP contribution in [-0.4, -0.2) is 48.6 Å². The van der Waals surface area contributed by atoms with Crippen molar-refractivity contribution in [3.63, 3.8) is 0 Å². The van der Waals surface area contributed by atoms with Gasteiger partial charge in [0.05, 0.1) is 44.5 Å². The van der Waals surface area contributed by atoms with E-state index in [1.165, 1.54) is 7.11 Å². The molecule has 4 heterocycles. The average Bonchev–Trinajstić information content (AvgIpc) is 3.44. The zero-order valence-electron chi connectivity index (χ0n) is 24.1. The molecule has 40 heavy (non-hydrogen) atoms. The smallest absolute Gasteiger partial charge is 0.308 e. The summed E-state index contributed by atoms with van der Waals surface area (Å²) in [6.07, 6.45) is 5.80. The highest BCUT2D eigenvalue weighted by atomic mass is 16.6. The second-order valence-electron chi connectivity index (χ2n) is 13.6. The van der Waals surface area contributed by atoms with Gasteiger partial charge in [-0.1, -0.05) is 46.3 Å². The highest BCUT2D eigenvalue weighted by Gasteiger charge is 2.79. The highest BCUT2D eigenvalue weighted by molar-refractivity contribution is 5.73. The molecule has 0 radical (unpaired) electrons. The van der Waals surface area contributed by atoms with Crippen LogP contribution in [0.3, 0.4) is 0 Å². The molecule has 0 aromatic carbocycles. The van der Waals surface area contributed by atoms with Gasteiger partial charge >= 0.3 is 17.9 Å². The monoisotopic (exact) mass is 556 g/mol. The number of rotatable bonds is 5. The zero-order chi connectivity index (χ0) is 28.8. The molecule has 3 aliphatic carbocycles. The van der Waals surface area contributed by atoms with E-state index in [4.69, 9.17) is 23.4 Å². The van der Waals surface area contributed by atoms with Crippen LogP contribution >= 0.6 is 0 Å². The number of carbonyl (C=O) groups excluding carboxylic acids is 3. The Kier molecular flexibility index (Phi) is 6.14. The number of fused-ring (bicyclic) bond motifs is 4. The van der Waals surface area contributed by atoms with Gasteiger partial charge in [0.1, 0.15) is 12.2 Å². The summed E-state index contributed by atoms with van der Waals surface area (Å²) in [4.78, 5) is 38.9. The standard InChI is InChI=1S/C31H40O9/c1-16(2)27(34)40-26-21-11-18-19(30(5)22(13-23(32)36-6)29(26,4)15-38-31(21,30)35)7-9-28(3)20(18)12-24(33)39-25(28)17-8-10-37-14-17/h8,10-11,14,16,19-22,25-26,35H,7,9,12-13,15H2,1-6H3/t19-,20-,21-,22-,25-,26+,28+,29-,30+,31+/m0/s1.